The molecule has 0 unspecified atom stereocenters. The van der Waals surface area contributed by atoms with Gasteiger partial charge in [0.2, 0.25) is 0 Å². The molecule has 0 aliphatic heterocycles. The standard InChI is InChI=1S/C33H48N6/c1-7-10-16-37-19-13-34-31(37)22-28-25(4)29(23-32-35-14-20-38(32)17-11-8-2)27(6)30(26(28)5)24-33-36-15-21-39(33)18-12-9-3/h13-15,19-21H,7-12,16-18,22-24H2,1-6H3. The summed E-state index contributed by atoms with van der Waals surface area (Å²) in [4.78, 5) is 14.4. The van der Waals surface area contributed by atoms with Gasteiger partial charge in [0.15, 0.2) is 0 Å². The maximum atomic E-state index is 4.81. The molecule has 4 aromatic rings. The third kappa shape index (κ3) is 6.71. The molecule has 3 heterocycles. The quantitative estimate of drug-likeness (QED) is 0.162. The van der Waals surface area contributed by atoms with E-state index in [2.05, 4.69) is 73.8 Å². The minimum absolute atomic E-state index is 0.850. The molecule has 0 amide bonds. The predicted molar refractivity (Wildman–Crippen MR) is 160 cm³/mol. The van der Waals surface area contributed by atoms with Crippen molar-refractivity contribution in [3.63, 3.8) is 0 Å². The Morgan fingerprint density at radius 1 is 0.487 bits per heavy atom. The molecule has 210 valence electrons. The summed E-state index contributed by atoms with van der Waals surface area (Å²) in [5, 5.41) is 0. The SMILES string of the molecule is CCCCn1ccnc1Cc1c(C)c(Cc2nccn2CCCC)c(C)c(Cc2nccn2CCCC)c1C. The van der Waals surface area contributed by atoms with E-state index in [0.717, 1.165) is 56.4 Å². The highest BCUT2D eigenvalue weighted by Crippen LogP contribution is 2.32. The number of imidazole rings is 3. The van der Waals surface area contributed by atoms with Gasteiger partial charge in [-0.25, -0.2) is 15.0 Å². The molecule has 6 heteroatoms. The van der Waals surface area contributed by atoms with Gasteiger partial charge in [-0.15, -0.1) is 0 Å². The number of hydrogen-bond acceptors (Lipinski definition) is 3. The van der Waals surface area contributed by atoms with E-state index in [1.165, 1.54) is 71.9 Å². The first-order valence-electron chi connectivity index (χ1n) is 15.1. The van der Waals surface area contributed by atoms with Crippen molar-refractivity contribution in [3.05, 3.63) is 88.0 Å². The molecule has 0 aliphatic rings. The van der Waals surface area contributed by atoms with Crippen LogP contribution < -0.4 is 0 Å². The Kier molecular flexibility index (Phi) is 10.2. The van der Waals surface area contributed by atoms with Crippen LogP contribution in [0.4, 0.5) is 0 Å². The van der Waals surface area contributed by atoms with Crippen LogP contribution in [0.3, 0.4) is 0 Å². The van der Waals surface area contributed by atoms with E-state index in [0.29, 0.717) is 0 Å². The lowest BCUT2D eigenvalue weighted by molar-refractivity contribution is 0.604. The maximum Gasteiger partial charge on any atom is 0.113 e. The number of aromatic nitrogens is 6. The van der Waals surface area contributed by atoms with Crippen LogP contribution in [0.25, 0.3) is 0 Å². The summed E-state index contributed by atoms with van der Waals surface area (Å²) in [6, 6.07) is 0. The van der Waals surface area contributed by atoms with Crippen LogP contribution in [0.1, 0.15) is 110 Å². The molecule has 6 nitrogen and oxygen atoms in total. The number of hydrogen-bond donors (Lipinski definition) is 0. The monoisotopic (exact) mass is 528 g/mol. The largest absolute Gasteiger partial charge is 0.335 e. The van der Waals surface area contributed by atoms with Gasteiger partial charge in [-0.1, -0.05) is 40.0 Å². The van der Waals surface area contributed by atoms with E-state index in [1.54, 1.807) is 0 Å². The first-order chi connectivity index (χ1) is 19.0. The molecule has 0 bridgehead atoms. The molecule has 4 rings (SSSR count). The van der Waals surface area contributed by atoms with Gasteiger partial charge >= 0.3 is 0 Å². The molecule has 1 aromatic carbocycles. The van der Waals surface area contributed by atoms with E-state index in [9.17, 15) is 0 Å². The van der Waals surface area contributed by atoms with Gasteiger partial charge in [-0.2, -0.15) is 0 Å². The fourth-order valence-corrected chi connectivity index (χ4v) is 5.78. The van der Waals surface area contributed by atoms with Gasteiger partial charge in [0.1, 0.15) is 17.5 Å². The van der Waals surface area contributed by atoms with E-state index < -0.39 is 0 Å². The molecule has 0 aliphatic carbocycles. The maximum absolute atomic E-state index is 4.81. The van der Waals surface area contributed by atoms with Crippen LogP contribution in [0, 0.1) is 20.8 Å². The van der Waals surface area contributed by atoms with Gasteiger partial charge in [-0.3, -0.25) is 0 Å². The zero-order chi connectivity index (χ0) is 27.8. The van der Waals surface area contributed by atoms with Crippen LogP contribution in [-0.2, 0) is 38.9 Å². The van der Waals surface area contributed by atoms with Crippen molar-refractivity contribution in [1.29, 1.82) is 0 Å². The smallest absolute Gasteiger partial charge is 0.113 e. The van der Waals surface area contributed by atoms with Gasteiger partial charge in [0.05, 0.1) is 0 Å². The lowest BCUT2D eigenvalue weighted by atomic mass is 9.84. The van der Waals surface area contributed by atoms with Crippen LogP contribution in [-0.4, -0.2) is 28.7 Å². The number of nitrogens with zero attached hydrogens (tertiary/aromatic N) is 6. The van der Waals surface area contributed by atoms with Crippen molar-refractivity contribution in [2.24, 2.45) is 0 Å². The van der Waals surface area contributed by atoms with E-state index >= 15 is 0 Å². The van der Waals surface area contributed by atoms with Crippen molar-refractivity contribution in [2.75, 3.05) is 0 Å². The third-order valence-electron chi connectivity index (χ3n) is 8.38. The molecular formula is C33H48N6. The van der Waals surface area contributed by atoms with Crippen LogP contribution >= 0.6 is 0 Å². The Labute approximate surface area is 235 Å². The Bertz CT molecular complexity index is 1150. The third-order valence-corrected chi connectivity index (χ3v) is 8.38. The van der Waals surface area contributed by atoms with E-state index in [4.69, 9.17) is 15.0 Å². The fraction of sp³-hybridized carbons (Fsp3) is 0.545. The summed E-state index contributed by atoms with van der Waals surface area (Å²) in [5.41, 5.74) is 8.39. The number of aryl methyl sites for hydroxylation is 3. The van der Waals surface area contributed by atoms with Crippen LogP contribution in [0.5, 0.6) is 0 Å². The summed E-state index contributed by atoms with van der Waals surface area (Å²) in [7, 11) is 0. The zero-order valence-electron chi connectivity index (χ0n) is 25.1. The Balaban J connectivity index is 1.78. The van der Waals surface area contributed by atoms with Gasteiger partial charge in [-0.05, 0) is 73.4 Å². The highest BCUT2D eigenvalue weighted by atomic mass is 15.1. The second-order valence-electron chi connectivity index (χ2n) is 11.0. The van der Waals surface area contributed by atoms with Crippen molar-refractivity contribution in [1.82, 2.24) is 28.7 Å². The summed E-state index contributed by atoms with van der Waals surface area (Å²) in [5.74, 6) is 3.47. The molecule has 0 spiro atoms. The molecule has 0 radical (unpaired) electrons. The van der Waals surface area contributed by atoms with Crippen molar-refractivity contribution in [3.8, 4) is 0 Å². The summed E-state index contributed by atoms with van der Waals surface area (Å²) >= 11 is 0. The molecule has 3 aromatic heterocycles. The minimum Gasteiger partial charge on any atom is -0.335 e. The first kappa shape index (κ1) is 28.8. The summed E-state index contributed by atoms with van der Waals surface area (Å²) in [6.07, 6.45) is 21.9. The molecule has 0 saturated heterocycles. The van der Waals surface area contributed by atoms with Crippen molar-refractivity contribution in [2.45, 2.75) is 119 Å². The highest BCUT2D eigenvalue weighted by Gasteiger charge is 2.21. The normalized spacial score (nSPS) is 11.5. The van der Waals surface area contributed by atoms with Crippen LogP contribution in [0.15, 0.2) is 37.2 Å². The summed E-state index contributed by atoms with van der Waals surface area (Å²) in [6.45, 7) is 16.8. The Hall–Kier alpha value is -3.15. The van der Waals surface area contributed by atoms with E-state index in [-0.39, 0.29) is 0 Å². The van der Waals surface area contributed by atoms with Crippen LogP contribution in [0.2, 0.25) is 0 Å². The molecule has 0 atom stereocenters. The number of benzene rings is 1. The van der Waals surface area contributed by atoms with Crippen molar-refractivity contribution < 1.29 is 0 Å². The zero-order valence-corrected chi connectivity index (χ0v) is 25.1. The minimum atomic E-state index is 0.850. The topological polar surface area (TPSA) is 53.5 Å². The molecule has 0 N–H and O–H groups in total. The summed E-state index contributed by atoms with van der Waals surface area (Å²) < 4.78 is 7.03. The van der Waals surface area contributed by atoms with Gasteiger partial charge in [0, 0.05) is 76.1 Å². The molecule has 39 heavy (non-hydrogen) atoms. The van der Waals surface area contributed by atoms with Gasteiger partial charge in [0.25, 0.3) is 0 Å². The Morgan fingerprint density at radius 2 is 0.769 bits per heavy atom. The lowest BCUT2D eigenvalue weighted by Crippen LogP contribution is -2.14. The van der Waals surface area contributed by atoms with Gasteiger partial charge < -0.3 is 13.7 Å². The first-order valence-corrected chi connectivity index (χ1v) is 15.1. The van der Waals surface area contributed by atoms with Crippen molar-refractivity contribution >= 4 is 0 Å². The number of rotatable bonds is 15. The average molecular weight is 529 g/mol. The molecular weight excluding hydrogens is 480 g/mol. The fourth-order valence-electron chi connectivity index (χ4n) is 5.78. The lowest BCUT2D eigenvalue weighted by Gasteiger charge is -2.23. The Morgan fingerprint density at radius 3 is 1.03 bits per heavy atom. The second-order valence-corrected chi connectivity index (χ2v) is 11.0. The average Bonchev–Trinajstić information content (AvgIpc) is 3.69. The predicted octanol–water partition coefficient (Wildman–Crippen LogP) is 7.37. The second kappa shape index (κ2) is 13.8. The highest BCUT2D eigenvalue weighted by molar-refractivity contribution is 5.53. The molecule has 0 saturated carbocycles. The van der Waals surface area contributed by atoms with E-state index in [1.807, 2.05) is 18.6 Å². The number of unbranched alkanes of at least 4 members (excludes halogenated alkanes) is 3. The molecule has 0 fully saturated rings.